The molecule has 3 heterocycles. The van der Waals surface area contributed by atoms with Crippen molar-refractivity contribution in [3.8, 4) is 5.75 Å². The van der Waals surface area contributed by atoms with Crippen LogP contribution in [0.15, 0.2) is 6.33 Å². The highest BCUT2D eigenvalue weighted by atomic mass is 35.5. The number of sulfonamides is 1. The van der Waals surface area contributed by atoms with Gasteiger partial charge >= 0.3 is 0 Å². The molecule has 1 fully saturated rings. The summed E-state index contributed by atoms with van der Waals surface area (Å²) in [5.41, 5.74) is 0.491. The number of fused-ring (bicyclic) bond motifs is 1. The minimum atomic E-state index is -3.13. The van der Waals surface area contributed by atoms with Crippen LogP contribution in [0.2, 0.25) is 5.15 Å². The summed E-state index contributed by atoms with van der Waals surface area (Å²) >= 11 is 6.11. The van der Waals surface area contributed by atoms with E-state index < -0.39 is 10.0 Å². The van der Waals surface area contributed by atoms with Crippen LogP contribution in [0.3, 0.4) is 0 Å². The Labute approximate surface area is 151 Å². The molecular formula is C14H21ClN6O3S. The molecule has 1 N–H and O–H groups in total. The molecule has 1 aliphatic heterocycles. The molecule has 11 heteroatoms. The summed E-state index contributed by atoms with van der Waals surface area (Å²) in [6, 6.07) is 0.105. The van der Waals surface area contributed by atoms with Gasteiger partial charge in [-0.1, -0.05) is 11.6 Å². The Balaban J connectivity index is 1.75. The smallest absolute Gasteiger partial charge is 0.243 e. The Kier molecular flexibility index (Phi) is 5.03. The Morgan fingerprint density at radius 1 is 1.36 bits per heavy atom. The minimum absolute atomic E-state index is 0.0704. The molecule has 0 radical (unpaired) electrons. The lowest BCUT2D eigenvalue weighted by molar-refractivity contribution is 0.243. The Morgan fingerprint density at radius 2 is 2.04 bits per heavy atom. The maximum atomic E-state index is 11.6. The minimum Gasteiger partial charge on any atom is -0.484 e. The standard InChI is InChI=1S/C14H21ClN6O3S/c1-9(2)24-11-12(15)16-8-21-13(11)18-14(19-21)17-10-4-6-20(7-5-10)25(3,22)23/h8-10H,4-7H2,1-3H3,(H,17,19). The van der Waals surface area contributed by atoms with Crippen molar-refractivity contribution in [2.24, 2.45) is 0 Å². The molecule has 2 aromatic heterocycles. The zero-order valence-corrected chi connectivity index (χ0v) is 15.9. The number of aromatic nitrogens is 4. The molecule has 138 valence electrons. The van der Waals surface area contributed by atoms with E-state index in [1.165, 1.54) is 21.4 Å². The van der Waals surface area contributed by atoms with Crippen molar-refractivity contribution in [3.05, 3.63) is 11.5 Å². The highest BCUT2D eigenvalue weighted by Crippen LogP contribution is 2.28. The first-order valence-corrected chi connectivity index (χ1v) is 10.3. The normalized spacial score (nSPS) is 17.3. The zero-order chi connectivity index (χ0) is 18.2. The Hall–Kier alpha value is -1.65. The second kappa shape index (κ2) is 6.93. The van der Waals surface area contributed by atoms with Gasteiger partial charge in [0.15, 0.2) is 5.15 Å². The lowest BCUT2D eigenvalue weighted by Gasteiger charge is -2.30. The third-order valence-electron chi connectivity index (χ3n) is 3.91. The van der Waals surface area contributed by atoms with Crippen molar-refractivity contribution in [3.63, 3.8) is 0 Å². The molecule has 2 aromatic rings. The van der Waals surface area contributed by atoms with Gasteiger partial charge in [-0.05, 0) is 26.7 Å². The van der Waals surface area contributed by atoms with Crippen LogP contribution in [-0.2, 0) is 10.0 Å². The number of hydrogen-bond acceptors (Lipinski definition) is 7. The van der Waals surface area contributed by atoms with Gasteiger partial charge < -0.3 is 10.1 Å². The van der Waals surface area contributed by atoms with Crippen molar-refractivity contribution in [1.82, 2.24) is 23.9 Å². The number of nitrogens with one attached hydrogen (secondary N) is 1. The largest absolute Gasteiger partial charge is 0.484 e. The van der Waals surface area contributed by atoms with Crippen LogP contribution < -0.4 is 10.1 Å². The van der Waals surface area contributed by atoms with Crippen molar-refractivity contribution >= 4 is 33.2 Å². The van der Waals surface area contributed by atoms with Gasteiger partial charge in [0.2, 0.25) is 27.4 Å². The van der Waals surface area contributed by atoms with E-state index in [9.17, 15) is 8.42 Å². The second-order valence-electron chi connectivity index (χ2n) is 6.32. The van der Waals surface area contributed by atoms with E-state index >= 15 is 0 Å². The molecule has 3 rings (SSSR count). The van der Waals surface area contributed by atoms with E-state index in [-0.39, 0.29) is 17.3 Å². The molecule has 9 nitrogen and oxygen atoms in total. The molecule has 0 spiro atoms. The van der Waals surface area contributed by atoms with Gasteiger partial charge in [-0.25, -0.2) is 17.7 Å². The third-order valence-corrected chi connectivity index (χ3v) is 5.48. The van der Waals surface area contributed by atoms with Crippen molar-refractivity contribution in [1.29, 1.82) is 0 Å². The van der Waals surface area contributed by atoms with Gasteiger partial charge in [-0.2, -0.15) is 9.50 Å². The summed E-state index contributed by atoms with van der Waals surface area (Å²) < 4.78 is 31.8. The number of ether oxygens (including phenoxy) is 1. The fourth-order valence-electron chi connectivity index (χ4n) is 2.73. The molecule has 0 saturated carbocycles. The van der Waals surface area contributed by atoms with Crippen LogP contribution in [0.4, 0.5) is 5.95 Å². The topological polar surface area (TPSA) is 102 Å². The maximum absolute atomic E-state index is 11.6. The van der Waals surface area contributed by atoms with Gasteiger partial charge in [0.05, 0.1) is 12.4 Å². The van der Waals surface area contributed by atoms with Crippen molar-refractivity contribution in [2.45, 2.75) is 38.8 Å². The molecule has 25 heavy (non-hydrogen) atoms. The van der Waals surface area contributed by atoms with Crippen LogP contribution in [0.1, 0.15) is 26.7 Å². The molecule has 0 bridgehead atoms. The van der Waals surface area contributed by atoms with E-state index in [2.05, 4.69) is 20.4 Å². The highest BCUT2D eigenvalue weighted by molar-refractivity contribution is 7.88. The van der Waals surface area contributed by atoms with Crippen molar-refractivity contribution in [2.75, 3.05) is 24.7 Å². The summed E-state index contributed by atoms with van der Waals surface area (Å²) in [7, 11) is -3.13. The zero-order valence-electron chi connectivity index (χ0n) is 14.3. The number of anilines is 1. The van der Waals surface area contributed by atoms with Gasteiger partial charge in [0.1, 0.15) is 6.33 Å². The van der Waals surface area contributed by atoms with E-state index in [0.29, 0.717) is 43.3 Å². The first-order valence-electron chi connectivity index (χ1n) is 8.03. The predicted molar refractivity (Wildman–Crippen MR) is 94.6 cm³/mol. The molecule has 0 amide bonds. The first kappa shape index (κ1) is 18.2. The number of piperidine rings is 1. The van der Waals surface area contributed by atoms with E-state index in [1.807, 2.05) is 13.8 Å². The second-order valence-corrected chi connectivity index (χ2v) is 8.66. The molecule has 1 aliphatic rings. The molecular weight excluding hydrogens is 368 g/mol. The van der Waals surface area contributed by atoms with Crippen LogP contribution >= 0.6 is 11.6 Å². The molecule has 0 atom stereocenters. The third kappa shape index (κ3) is 4.13. The quantitative estimate of drug-likeness (QED) is 0.772. The lowest BCUT2D eigenvalue weighted by atomic mass is 10.1. The summed E-state index contributed by atoms with van der Waals surface area (Å²) in [5.74, 6) is 0.835. The summed E-state index contributed by atoms with van der Waals surface area (Å²) in [4.78, 5) is 8.51. The number of rotatable bonds is 5. The van der Waals surface area contributed by atoms with Crippen LogP contribution in [0.5, 0.6) is 5.75 Å². The summed E-state index contributed by atoms with van der Waals surface area (Å²) in [5, 5.41) is 7.83. The van der Waals surface area contributed by atoms with Crippen LogP contribution in [0.25, 0.3) is 5.65 Å². The van der Waals surface area contributed by atoms with E-state index in [1.54, 1.807) is 0 Å². The van der Waals surface area contributed by atoms with Gasteiger partial charge in [0.25, 0.3) is 0 Å². The number of nitrogens with zero attached hydrogens (tertiary/aromatic N) is 5. The first-order chi connectivity index (χ1) is 11.7. The number of hydrogen-bond donors (Lipinski definition) is 1. The average Bonchev–Trinajstić information content (AvgIpc) is 2.92. The maximum Gasteiger partial charge on any atom is 0.243 e. The monoisotopic (exact) mass is 388 g/mol. The fraction of sp³-hybridized carbons (Fsp3) is 0.643. The summed E-state index contributed by atoms with van der Waals surface area (Å²) in [6.45, 7) is 4.76. The molecule has 0 aromatic carbocycles. The lowest BCUT2D eigenvalue weighted by Crippen LogP contribution is -2.41. The SMILES string of the molecule is CC(C)Oc1c(Cl)ncn2nc(NC3CCN(S(C)(=O)=O)CC3)nc12. The van der Waals surface area contributed by atoms with Gasteiger partial charge in [-0.15, -0.1) is 5.10 Å². The summed E-state index contributed by atoms with van der Waals surface area (Å²) in [6.07, 6.45) is 4.03. The van der Waals surface area contributed by atoms with Gasteiger partial charge in [0, 0.05) is 19.1 Å². The Morgan fingerprint density at radius 3 is 2.64 bits per heavy atom. The average molecular weight is 389 g/mol. The Bertz CT molecular complexity index is 861. The molecule has 0 aliphatic carbocycles. The highest BCUT2D eigenvalue weighted by Gasteiger charge is 2.26. The van der Waals surface area contributed by atoms with E-state index in [0.717, 1.165) is 0 Å². The predicted octanol–water partition coefficient (Wildman–Crippen LogP) is 1.40. The number of halogens is 1. The van der Waals surface area contributed by atoms with Crippen LogP contribution in [-0.4, -0.2) is 63.8 Å². The fourth-order valence-corrected chi connectivity index (χ4v) is 3.77. The van der Waals surface area contributed by atoms with Crippen molar-refractivity contribution < 1.29 is 13.2 Å². The van der Waals surface area contributed by atoms with Gasteiger partial charge in [-0.3, -0.25) is 0 Å². The van der Waals surface area contributed by atoms with Crippen LogP contribution in [0, 0.1) is 0 Å². The molecule has 0 unspecified atom stereocenters. The van der Waals surface area contributed by atoms with E-state index in [4.69, 9.17) is 16.3 Å². The molecule has 1 saturated heterocycles.